The van der Waals surface area contributed by atoms with Gasteiger partial charge in [-0.3, -0.25) is 0 Å². The molecule has 0 aliphatic heterocycles. The van der Waals surface area contributed by atoms with Crippen LogP contribution in [0.4, 0.5) is 0 Å². The van der Waals surface area contributed by atoms with Crippen molar-refractivity contribution in [2.75, 3.05) is 6.61 Å². The molecule has 0 bridgehead atoms. The third-order valence-electron chi connectivity index (χ3n) is 4.34. The van der Waals surface area contributed by atoms with Gasteiger partial charge in [-0.05, 0) is 24.2 Å². The zero-order chi connectivity index (χ0) is 10.3. The van der Waals surface area contributed by atoms with Gasteiger partial charge < -0.3 is 5.11 Å². The molecule has 0 aromatic heterocycles. The van der Waals surface area contributed by atoms with Gasteiger partial charge >= 0.3 is 0 Å². The fraction of sp³-hybridized carbons (Fsp3) is 0.833. The minimum absolute atomic E-state index is 0.0677. The maximum Gasteiger partial charge on any atom is 0.0524 e. The number of hydrogen-bond donors (Lipinski definition) is 1. The molecule has 1 fully saturated rings. The van der Waals surface area contributed by atoms with E-state index >= 15 is 0 Å². The van der Waals surface area contributed by atoms with E-state index in [1.54, 1.807) is 0 Å². The second-order valence-electron chi connectivity index (χ2n) is 5.39. The van der Waals surface area contributed by atoms with E-state index in [2.05, 4.69) is 34.3 Å². The minimum Gasteiger partial charge on any atom is -0.395 e. The molecule has 1 heteroatoms. The summed E-state index contributed by atoms with van der Waals surface area (Å²) < 4.78 is 0. The van der Waals surface area contributed by atoms with Gasteiger partial charge in [0.25, 0.3) is 0 Å². The highest BCUT2D eigenvalue weighted by atomic mass is 16.3. The molecule has 1 nitrogen and oxygen atoms in total. The first-order valence-corrected chi connectivity index (χ1v) is 5.14. The zero-order valence-electron chi connectivity index (χ0n) is 9.35. The summed E-state index contributed by atoms with van der Waals surface area (Å²) in [4.78, 5) is 0. The lowest BCUT2D eigenvalue weighted by Gasteiger charge is -2.50. The molecule has 2 atom stereocenters. The van der Waals surface area contributed by atoms with Gasteiger partial charge in [0.2, 0.25) is 0 Å². The summed E-state index contributed by atoms with van der Waals surface area (Å²) >= 11 is 0. The second kappa shape index (κ2) is 3.13. The number of aliphatic hydroxyl groups is 1. The molecule has 0 spiro atoms. The summed E-state index contributed by atoms with van der Waals surface area (Å²) in [7, 11) is 0. The first kappa shape index (κ1) is 10.8. The lowest BCUT2D eigenvalue weighted by Crippen LogP contribution is -2.43. The van der Waals surface area contributed by atoms with Crippen molar-refractivity contribution in [3.8, 4) is 0 Å². The van der Waals surface area contributed by atoms with Crippen molar-refractivity contribution < 1.29 is 5.11 Å². The molecule has 1 N–H and O–H groups in total. The summed E-state index contributed by atoms with van der Waals surface area (Å²) in [5.74, 6) is 0.506. The number of aliphatic hydroxyl groups excluding tert-OH is 1. The topological polar surface area (TPSA) is 20.2 Å². The van der Waals surface area contributed by atoms with Crippen molar-refractivity contribution in [1.82, 2.24) is 0 Å². The highest BCUT2D eigenvalue weighted by Crippen LogP contribution is 2.52. The molecular weight excluding hydrogens is 160 g/mol. The molecule has 1 saturated carbocycles. The van der Waals surface area contributed by atoms with Gasteiger partial charge in [-0.25, -0.2) is 0 Å². The summed E-state index contributed by atoms with van der Waals surface area (Å²) in [6.07, 6.45) is 2.26. The monoisotopic (exact) mass is 182 g/mol. The van der Waals surface area contributed by atoms with Crippen LogP contribution in [-0.2, 0) is 0 Å². The molecule has 0 heterocycles. The average Bonchev–Trinajstić information content (AvgIpc) is 2.09. The smallest absolute Gasteiger partial charge is 0.0524 e. The molecule has 0 radical (unpaired) electrons. The van der Waals surface area contributed by atoms with E-state index in [-0.39, 0.29) is 12.0 Å². The molecule has 0 aromatic carbocycles. The van der Waals surface area contributed by atoms with Crippen LogP contribution in [0.3, 0.4) is 0 Å². The Morgan fingerprint density at radius 3 is 2.38 bits per heavy atom. The predicted octanol–water partition coefficient (Wildman–Crippen LogP) is 3.00. The van der Waals surface area contributed by atoms with Crippen LogP contribution in [0.5, 0.6) is 0 Å². The van der Waals surface area contributed by atoms with Crippen molar-refractivity contribution >= 4 is 0 Å². The van der Waals surface area contributed by atoms with Gasteiger partial charge in [0, 0.05) is 5.41 Å². The molecule has 13 heavy (non-hydrogen) atoms. The maximum absolute atomic E-state index is 9.46. The molecule has 2 unspecified atom stereocenters. The van der Waals surface area contributed by atoms with Crippen LogP contribution in [0, 0.1) is 16.7 Å². The van der Waals surface area contributed by atoms with Crippen molar-refractivity contribution in [3.05, 3.63) is 12.2 Å². The highest BCUT2D eigenvalue weighted by molar-refractivity contribution is 5.16. The second-order valence-corrected chi connectivity index (χ2v) is 5.39. The van der Waals surface area contributed by atoms with Crippen LogP contribution in [0.1, 0.15) is 40.5 Å². The Hall–Kier alpha value is -0.300. The molecule has 1 aliphatic rings. The maximum atomic E-state index is 9.46. The standard InChI is InChI=1S/C12H22O/c1-9-6-7-11(3,4)10(2)12(9,5)8-13/h10,13H,1,6-8H2,2-5H3. The minimum atomic E-state index is -0.0677. The van der Waals surface area contributed by atoms with E-state index in [1.807, 2.05) is 0 Å². The largest absolute Gasteiger partial charge is 0.395 e. The van der Waals surface area contributed by atoms with Crippen LogP contribution >= 0.6 is 0 Å². The third kappa shape index (κ3) is 1.54. The van der Waals surface area contributed by atoms with Gasteiger partial charge in [0.15, 0.2) is 0 Å². The first-order chi connectivity index (χ1) is 5.84. The molecule has 1 aliphatic carbocycles. The Labute approximate surface area is 81.9 Å². The zero-order valence-corrected chi connectivity index (χ0v) is 9.35. The van der Waals surface area contributed by atoms with Gasteiger partial charge in [0.1, 0.15) is 0 Å². The van der Waals surface area contributed by atoms with Gasteiger partial charge in [-0.15, -0.1) is 0 Å². The molecular formula is C12H22O. The normalized spacial score (nSPS) is 39.2. The highest BCUT2D eigenvalue weighted by Gasteiger charge is 2.45. The molecule has 1 rings (SSSR count). The fourth-order valence-corrected chi connectivity index (χ4v) is 2.39. The third-order valence-corrected chi connectivity index (χ3v) is 4.34. The Bertz CT molecular complexity index is 217. The van der Waals surface area contributed by atoms with Crippen molar-refractivity contribution in [1.29, 1.82) is 0 Å². The number of rotatable bonds is 1. The SMILES string of the molecule is C=C1CCC(C)(C)C(C)C1(C)CO. The predicted molar refractivity (Wildman–Crippen MR) is 56.5 cm³/mol. The van der Waals surface area contributed by atoms with Crippen LogP contribution in [0.2, 0.25) is 0 Å². The van der Waals surface area contributed by atoms with E-state index in [0.29, 0.717) is 11.3 Å². The summed E-state index contributed by atoms with van der Waals surface area (Å²) in [5, 5.41) is 9.46. The van der Waals surface area contributed by atoms with E-state index in [1.165, 1.54) is 12.0 Å². The first-order valence-electron chi connectivity index (χ1n) is 5.14. The van der Waals surface area contributed by atoms with Gasteiger partial charge in [-0.1, -0.05) is 39.8 Å². The molecule has 0 saturated heterocycles. The molecule has 0 aromatic rings. The quantitative estimate of drug-likeness (QED) is 0.618. The van der Waals surface area contributed by atoms with E-state index in [9.17, 15) is 5.11 Å². The summed E-state index contributed by atoms with van der Waals surface area (Å²) in [6, 6.07) is 0. The number of hydrogen-bond acceptors (Lipinski definition) is 1. The van der Waals surface area contributed by atoms with Crippen LogP contribution in [0.25, 0.3) is 0 Å². The van der Waals surface area contributed by atoms with Crippen molar-refractivity contribution in [3.63, 3.8) is 0 Å². The Morgan fingerprint density at radius 2 is 2.00 bits per heavy atom. The lowest BCUT2D eigenvalue weighted by molar-refractivity contribution is 0.0163. The Kier molecular flexibility index (Phi) is 2.59. The average molecular weight is 182 g/mol. The van der Waals surface area contributed by atoms with Crippen LogP contribution in [0.15, 0.2) is 12.2 Å². The van der Waals surface area contributed by atoms with Gasteiger partial charge in [-0.2, -0.15) is 0 Å². The van der Waals surface area contributed by atoms with E-state index in [4.69, 9.17) is 0 Å². The van der Waals surface area contributed by atoms with Crippen LogP contribution < -0.4 is 0 Å². The summed E-state index contributed by atoms with van der Waals surface area (Å²) in [5.41, 5.74) is 1.49. The lowest BCUT2D eigenvalue weighted by atomic mass is 9.56. The van der Waals surface area contributed by atoms with Gasteiger partial charge in [0.05, 0.1) is 6.61 Å². The van der Waals surface area contributed by atoms with Crippen molar-refractivity contribution in [2.45, 2.75) is 40.5 Å². The fourth-order valence-electron chi connectivity index (χ4n) is 2.39. The molecule has 0 amide bonds. The summed E-state index contributed by atoms with van der Waals surface area (Å²) in [6.45, 7) is 13.3. The van der Waals surface area contributed by atoms with Crippen molar-refractivity contribution in [2.24, 2.45) is 16.7 Å². The molecule has 76 valence electrons. The van der Waals surface area contributed by atoms with E-state index in [0.717, 1.165) is 6.42 Å². The van der Waals surface area contributed by atoms with E-state index < -0.39 is 0 Å². The van der Waals surface area contributed by atoms with Crippen LogP contribution in [-0.4, -0.2) is 11.7 Å². The Morgan fingerprint density at radius 1 is 1.46 bits per heavy atom. The Balaban J connectivity index is 2.98.